The van der Waals surface area contributed by atoms with Crippen molar-refractivity contribution in [3.8, 4) is 5.75 Å². The highest BCUT2D eigenvalue weighted by molar-refractivity contribution is 5.91. The van der Waals surface area contributed by atoms with Gasteiger partial charge in [0, 0.05) is 11.4 Å². The van der Waals surface area contributed by atoms with Crippen molar-refractivity contribution < 1.29 is 4.74 Å². The highest BCUT2D eigenvalue weighted by atomic mass is 16.5. The van der Waals surface area contributed by atoms with Crippen LogP contribution in [0.5, 0.6) is 5.75 Å². The van der Waals surface area contributed by atoms with Crippen LogP contribution in [0.4, 0.5) is 0 Å². The van der Waals surface area contributed by atoms with Gasteiger partial charge in [0.15, 0.2) is 0 Å². The minimum absolute atomic E-state index is 0.162. The Labute approximate surface area is 108 Å². The van der Waals surface area contributed by atoms with E-state index >= 15 is 0 Å². The molecule has 2 N–H and O–H groups in total. The van der Waals surface area contributed by atoms with Crippen LogP contribution in [0.2, 0.25) is 0 Å². The van der Waals surface area contributed by atoms with Crippen molar-refractivity contribution in [3.05, 3.63) is 42.0 Å². The molecule has 1 atom stereocenters. The predicted molar refractivity (Wildman–Crippen MR) is 74.8 cm³/mol. The molecule has 1 aliphatic carbocycles. The fourth-order valence-electron chi connectivity index (χ4n) is 2.82. The van der Waals surface area contributed by atoms with Crippen LogP contribution in [0.15, 0.2) is 36.4 Å². The van der Waals surface area contributed by atoms with Gasteiger partial charge in [0.05, 0.1) is 7.11 Å². The van der Waals surface area contributed by atoms with E-state index in [-0.39, 0.29) is 6.04 Å². The Kier molecular flexibility index (Phi) is 2.96. The third kappa shape index (κ3) is 1.77. The van der Waals surface area contributed by atoms with E-state index < -0.39 is 0 Å². The van der Waals surface area contributed by atoms with Gasteiger partial charge in [-0.2, -0.15) is 0 Å². The van der Waals surface area contributed by atoms with Crippen molar-refractivity contribution >= 4 is 10.8 Å². The highest BCUT2D eigenvalue weighted by Crippen LogP contribution is 2.39. The summed E-state index contributed by atoms with van der Waals surface area (Å²) in [7, 11) is 1.72. The smallest absolute Gasteiger partial charge is 0.126 e. The highest BCUT2D eigenvalue weighted by Gasteiger charge is 2.26. The topological polar surface area (TPSA) is 35.2 Å². The van der Waals surface area contributed by atoms with Crippen molar-refractivity contribution in [1.29, 1.82) is 0 Å². The average molecular weight is 241 g/mol. The zero-order valence-corrected chi connectivity index (χ0v) is 10.7. The van der Waals surface area contributed by atoms with E-state index in [1.165, 1.54) is 30.2 Å². The van der Waals surface area contributed by atoms with Crippen molar-refractivity contribution in [1.82, 2.24) is 0 Å². The van der Waals surface area contributed by atoms with Crippen LogP contribution >= 0.6 is 0 Å². The summed E-state index contributed by atoms with van der Waals surface area (Å²) in [6, 6.07) is 12.7. The molecule has 0 amide bonds. The number of methoxy groups -OCH3 is 1. The number of fused-ring (bicyclic) bond motifs is 1. The van der Waals surface area contributed by atoms with Gasteiger partial charge in [-0.25, -0.2) is 0 Å². The largest absolute Gasteiger partial charge is 0.496 e. The summed E-state index contributed by atoms with van der Waals surface area (Å²) in [6.45, 7) is 0. The quantitative estimate of drug-likeness (QED) is 0.890. The monoisotopic (exact) mass is 241 g/mol. The van der Waals surface area contributed by atoms with Gasteiger partial charge in [0.2, 0.25) is 0 Å². The molecule has 0 aliphatic heterocycles. The zero-order chi connectivity index (χ0) is 12.5. The van der Waals surface area contributed by atoms with E-state index in [0.717, 1.165) is 11.1 Å². The lowest BCUT2D eigenvalue weighted by Gasteiger charge is -2.32. The van der Waals surface area contributed by atoms with Crippen LogP contribution in [0, 0.1) is 5.92 Å². The molecule has 2 aromatic carbocycles. The van der Waals surface area contributed by atoms with Gasteiger partial charge in [-0.3, -0.25) is 0 Å². The first-order chi connectivity index (χ1) is 8.81. The van der Waals surface area contributed by atoms with Gasteiger partial charge in [-0.15, -0.1) is 0 Å². The van der Waals surface area contributed by atoms with Gasteiger partial charge in [0.1, 0.15) is 5.75 Å². The molecule has 0 aromatic heterocycles. The third-order valence-corrected chi connectivity index (χ3v) is 4.15. The summed E-state index contributed by atoms with van der Waals surface area (Å²) in [5.41, 5.74) is 7.68. The minimum Gasteiger partial charge on any atom is -0.496 e. The lowest BCUT2D eigenvalue weighted by molar-refractivity contribution is 0.265. The Hall–Kier alpha value is -1.54. The lowest BCUT2D eigenvalue weighted by Crippen LogP contribution is -2.27. The summed E-state index contributed by atoms with van der Waals surface area (Å²) < 4.78 is 5.42. The second-order valence-electron chi connectivity index (χ2n) is 5.12. The maximum atomic E-state index is 6.42. The second kappa shape index (κ2) is 4.62. The van der Waals surface area contributed by atoms with Crippen LogP contribution < -0.4 is 10.5 Å². The molecule has 0 saturated heterocycles. The van der Waals surface area contributed by atoms with Crippen LogP contribution in [-0.4, -0.2) is 7.11 Å². The van der Waals surface area contributed by atoms with Crippen molar-refractivity contribution in [2.45, 2.75) is 25.3 Å². The summed E-state index contributed by atoms with van der Waals surface area (Å²) in [4.78, 5) is 0. The molecule has 18 heavy (non-hydrogen) atoms. The molecule has 94 valence electrons. The van der Waals surface area contributed by atoms with Gasteiger partial charge in [-0.1, -0.05) is 36.8 Å². The molecule has 0 spiro atoms. The molecule has 0 unspecified atom stereocenters. The van der Waals surface area contributed by atoms with Gasteiger partial charge in [0.25, 0.3) is 0 Å². The number of hydrogen-bond donors (Lipinski definition) is 1. The van der Waals surface area contributed by atoms with Crippen molar-refractivity contribution in [2.24, 2.45) is 11.7 Å². The molecule has 0 radical (unpaired) electrons. The molecule has 1 aliphatic rings. The number of ether oxygens (including phenoxy) is 1. The maximum absolute atomic E-state index is 6.42. The Balaban J connectivity index is 2.12. The molecular weight excluding hydrogens is 222 g/mol. The first-order valence-electron chi connectivity index (χ1n) is 6.62. The molecule has 2 nitrogen and oxygen atoms in total. The van der Waals surface area contributed by atoms with Gasteiger partial charge >= 0.3 is 0 Å². The maximum Gasteiger partial charge on any atom is 0.126 e. The molecule has 1 fully saturated rings. The minimum atomic E-state index is 0.162. The van der Waals surface area contributed by atoms with E-state index in [1.54, 1.807) is 7.11 Å². The molecule has 1 saturated carbocycles. The Morgan fingerprint density at radius 2 is 1.83 bits per heavy atom. The Morgan fingerprint density at radius 1 is 1.11 bits per heavy atom. The van der Waals surface area contributed by atoms with E-state index in [4.69, 9.17) is 10.5 Å². The SMILES string of the molecule is COc1ccc([C@H](N)C2CCC2)c2ccccc12. The predicted octanol–water partition coefficient (Wildman–Crippen LogP) is 3.65. The van der Waals surface area contributed by atoms with E-state index in [0.29, 0.717) is 5.92 Å². The molecule has 2 heteroatoms. The van der Waals surface area contributed by atoms with Crippen LogP contribution in [-0.2, 0) is 0 Å². The summed E-state index contributed by atoms with van der Waals surface area (Å²) >= 11 is 0. The molecule has 2 aromatic rings. The van der Waals surface area contributed by atoms with E-state index in [1.807, 2.05) is 12.1 Å². The third-order valence-electron chi connectivity index (χ3n) is 4.15. The number of hydrogen-bond acceptors (Lipinski definition) is 2. The van der Waals surface area contributed by atoms with Crippen LogP contribution in [0.1, 0.15) is 30.9 Å². The molecular formula is C16H19NO. The Morgan fingerprint density at radius 3 is 2.44 bits per heavy atom. The first kappa shape index (κ1) is 11.5. The van der Waals surface area contributed by atoms with Crippen molar-refractivity contribution in [3.63, 3.8) is 0 Å². The number of nitrogens with two attached hydrogens (primary N) is 1. The zero-order valence-electron chi connectivity index (χ0n) is 10.7. The van der Waals surface area contributed by atoms with Gasteiger partial charge in [-0.05, 0) is 35.8 Å². The Bertz CT molecular complexity index is 560. The van der Waals surface area contributed by atoms with Gasteiger partial charge < -0.3 is 10.5 Å². The summed E-state index contributed by atoms with van der Waals surface area (Å²) in [5.74, 6) is 1.58. The fraction of sp³-hybridized carbons (Fsp3) is 0.375. The summed E-state index contributed by atoms with van der Waals surface area (Å²) in [5, 5.41) is 2.39. The van der Waals surface area contributed by atoms with E-state index in [2.05, 4.69) is 24.3 Å². The molecule has 3 rings (SSSR count). The number of rotatable bonds is 3. The first-order valence-corrected chi connectivity index (χ1v) is 6.62. The van der Waals surface area contributed by atoms with E-state index in [9.17, 15) is 0 Å². The standard InChI is InChI=1S/C16H19NO/c1-18-15-10-9-14(16(17)11-5-4-6-11)12-7-2-3-8-13(12)15/h2-3,7-11,16H,4-6,17H2,1H3/t16-/m1/s1. The second-order valence-corrected chi connectivity index (χ2v) is 5.12. The molecule has 0 bridgehead atoms. The fourth-order valence-corrected chi connectivity index (χ4v) is 2.82. The molecule has 0 heterocycles. The normalized spacial score (nSPS) is 17.4. The van der Waals surface area contributed by atoms with Crippen molar-refractivity contribution in [2.75, 3.05) is 7.11 Å². The lowest BCUT2D eigenvalue weighted by atomic mass is 9.77. The summed E-state index contributed by atoms with van der Waals surface area (Å²) in [6.07, 6.45) is 3.86. The average Bonchev–Trinajstić information content (AvgIpc) is 2.35. The van der Waals surface area contributed by atoms with Crippen LogP contribution in [0.25, 0.3) is 10.8 Å². The number of benzene rings is 2. The van der Waals surface area contributed by atoms with Crippen LogP contribution in [0.3, 0.4) is 0 Å².